The molecule has 0 radical (unpaired) electrons. The van der Waals surface area contributed by atoms with Crippen LogP contribution in [0.15, 0.2) is 11.0 Å². The third-order valence-corrected chi connectivity index (χ3v) is 2.21. The van der Waals surface area contributed by atoms with Crippen molar-refractivity contribution in [2.75, 3.05) is 6.61 Å². The average Bonchev–Trinajstić information content (AvgIpc) is 2.56. The standard InChI is InChI=1S/C7H9N3O2S/c11-5-4-8-10(7(13)9-5)6-2-1-3-12-6/h4,6H,1-3H2,(H,9,11,13)/t6-/m1/s1. The van der Waals surface area contributed by atoms with Crippen molar-refractivity contribution in [3.8, 4) is 0 Å². The van der Waals surface area contributed by atoms with Gasteiger partial charge in [0, 0.05) is 6.61 Å². The molecule has 5 nitrogen and oxygen atoms in total. The zero-order valence-electron chi connectivity index (χ0n) is 6.90. The largest absolute Gasteiger partial charge is 0.356 e. The molecule has 1 N–H and O–H groups in total. The summed E-state index contributed by atoms with van der Waals surface area (Å²) in [7, 11) is 0. The molecule has 1 saturated heterocycles. The van der Waals surface area contributed by atoms with Crippen LogP contribution in [-0.4, -0.2) is 21.4 Å². The molecule has 1 aromatic heterocycles. The minimum absolute atomic E-state index is 0.107. The number of aromatic amines is 1. The zero-order valence-corrected chi connectivity index (χ0v) is 7.71. The van der Waals surface area contributed by atoms with E-state index in [1.54, 1.807) is 0 Å². The van der Waals surface area contributed by atoms with Crippen LogP contribution in [0.25, 0.3) is 0 Å². The van der Waals surface area contributed by atoms with E-state index in [1.807, 2.05) is 0 Å². The molecule has 1 aromatic rings. The van der Waals surface area contributed by atoms with Gasteiger partial charge in [0.1, 0.15) is 6.20 Å². The molecule has 0 spiro atoms. The smallest absolute Gasteiger partial charge is 0.270 e. The summed E-state index contributed by atoms with van der Waals surface area (Å²) in [5, 5.41) is 3.90. The van der Waals surface area contributed by atoms with Crippen LogP contribution < -0.4 is 5.56 Å². The van der Waals surface area contributed by atoms with E-state index in [1.165, 1.54) is 10.9 Å². The number of aromatic nitrogens is 3. The molecule has 13 heavy (non-hydrogen) atoms. The highest BCUT2D eigenvalue weighted by Gasteiger charge is 2.18. The zero-order chi connectivity index (χ0) is 9.26. The van der Waals surface area contributed by atoms with Gasteiger partial charge in [0.2, 0.25) is 0 Å². The summed E-state index contributed by atoms with van der Waals surface area (Å²) in [4.78, 5) is 13.3. The van der Waals surface area contributed by atoms with E-state index in [9.17, 15) is 4.79 Å². The molecule has 0 bridgehead atoms. The van der Waals surface area contributed by atoms with Crippen LogP contribution in [-0.2, 0) is 4.74 Å². The Balaban J connectivity index is 2.40. The Bertz CT molecular complexity index is 405. The Morgan fingerprint density at radius 3 is 3.23 bits per heavy atom. The van der Waals surface area contributed by atoms with Gasteiger partial charge in [0.15, 0.2) is 11.0 Å². The van der Waals surface area contributed by atoms with E-state index in [4.69, 9.17) is 17.0 Å². The molecule has 2 rings (SSSR count). The highest BCUT2D eigenvalue weighted by atomic mass is 32.1. The fraction of sp³-hybridized carbons (Fsp3) is 0.571. The van der Waals surface area contributed by atoms with Gasteiger partial charge < -0.3 is 4.74 Å². The normalized spacial score (nSPS) is 22.0. The van der Waals surface area contributed by atoms with E-state index >= 15 is 0 Å². The van der Waals surface area contributed by atoms with Crippen molar-refractivity contribution in [1.82, 2.24) is 14.8 Å². The van der Waals surface area contributed by atoms with Gasteiger partial charge in [-0.3, -0.25) is 9.78 Å². The SMILES string of the molecule is O=c1cnn([C@H]2CCCO2)c(=S)[nH]1. The quantitative estimate of drug-likeness (QED) is 0.673. The topological polar surface area (TPSA) is 59.9 Å². The third kappa shape index (κ3) is 1.68. The summed E-state index contributed by atoms with van der Waals surface area (Å²) in [6.07, 6.45) is 3.00. The van der Waals surface area contributed by atoms with Gasteiger partial charge >= 0.3 is 0 Å². The molecule has 70 valence electrons. The Morgan fingerprint density at radius 1 is 1.77 bits per heavy atom. The monoisotopic (exact) mass is 199 g/mol. The Labute approximate surface area is 79.4 Å². The van der Waals surface area contributed by atoms with E-state index in [0.29, 0.717) is 4.77 Å². The van der Waals surface area contributed by atoms with Gasteiger partial charge in [-0.2, -0.15) is 5.10 Å². The van der Waals surface area contributed by atoms with Crippen LogP contribution in [0.3, 0.4) is 0 Å². The lowest BCUT2D eigenvalue weighted by Gasteiger charge is -2.10. The summed E-state index contributed by atoms with van der Waals surface area (Å²) in [5.41, 5.74) is -0.278. The molecular formula is C7H9N3O2S. The first-order valence-electron chi connectivity index (χ1n) is 4.07. The average molecular weight is 199 g/mol. The fourth-order valence-electron chi connectivity index (χ4n) is 1.32. The number of nitrogens with zero attached hydrogens (tertiary/aromatic N) is 2. The Morgan fingerprint density at radius 2 is 2.62 bits per heavy atom. The van der Waals surface area contributed by atoms with Crippen LogP contribution in [0.4, 0.5) is 0 Å². The highest BCUT2D eigenvalue weighted by molar-refractivity contribution is 7.71. The van der Waals surface area contributed by atoms with Crippen molar-refractivity contribution in [3.63, 3.8) is 0 Å². The maximum Gasteiger partial charge on any atom is 0.270 e. The number of ether oxygens (including phenoxy) is 1. The van der Waals surface area contributed by atoms with Gasteiger partial charge in [-0.15, -0.1) is 0 Å². The van der Waals surface area contributed by atoms with Crippen LogP contribution in [0.5, 0.6) is 0 Å². The molecule has 0 aromatic carbocycles. The van der Waals surface area contributed by atoms with E-state index in [2.05, 4.69) is 10.1 Å². The predicted octanol–water partition coefficient (Wildman–Crippen LogP) is 0.610. The lowest BCUT2D eigenvalue weighted by molar-refractivity contribution is 0.0429. The lowest BCUT2D eigenvalue weighted by Crippen LogP contribution is -2.19. The second-order valence-corrected chi connectivity index (χ2v) is 3.24. The first-order chi connectivity index (χ1) is 6.27. The third-order valence-electron chi connectivity index (χ3n) is 1.92. The number of rotatable bonds is 1. The maximum absolute atomic E-state index is 10.8. The number of nitrogens with one attached hydrogen (secondary N) is 1. The van der Waals surface area contributed by atoms with Gasteiger partial charge in [-0.05, 0) is 25.1 Å². The Kier molecular flexibility index (Phi) is 2.24. The molecule has 6 heteroatoms. The lowest BCUT2D eigenvalue weighted by atomic mass is 10.3. The van der Waals surface area contributed by atoms with Crippen molar-refractivity contribution in [2.24, 2.45) is 0 Å². The van der Waals surface area contributed by atoms with E-state index in [-0.39, 0.29) is 11.8 Å². The molecule has 0 saturated carbocycles. The fourth-order valence-corrected chi connectivity index (χ4v) is 1.59. The van der Waals surface area contributed by atoms with Crippen molar-refractivity contribution in [3.05, 3.63) is 21.3 Å². The number of hydrogen-bond acceptors (Lipinski definition) is 4. The second-order valence-electron chi connectivity index (χ2n) is 2.85. The molecule has 0 amide bonds. The minimum Gasteiger partial charge on any atom is -0.356 e. The van der Waals surface area contributed by atoms with E-state index < -0.39 is 0 Å². The summed E-state index contributed by atoms with van der Waals surface area (Å²) < 4.78 is 7.22. The first kappa shape index (κ1) is 8.58. The molecule has 1 atom stereocenters. The van der Waals surface area contributed by atoms with Gasteiger partial charge in [0.05, 0.1) is 0 Å². The predicted molar refractivity (Wildman–Crippen MR) is 47.9 cm³/mol. The van der Waals surface area contributed by atoms with E-state index in [0.717, 1.165) is 19.4 Å². The molecule has 0 unspecified atom stereocenters. The van der Waals surface area contributed by atoms with Crippen LogP contribution in [0, 0.1) is 4.77 Å². The molecule has 1 aliphatic heterocycles. The maximum atomic E-state index is 10.8. The molecule has 2 heterocycles. The molecule has 1 fully saturated rings. The second kappa shape index (κ2) is 3.39. The van der Waals surface area contributed by atoms with Crippen molar-refractivity contribution >= 4 is 12.2 Å². The van der Waals surface area contributed by atoms with Crippen LogP contribution >= 0.6 is 12.2 Å². The highest BCUT2D eigenvalue weighted by Crippen LogP contribution is 2.20. The summed E-state index contributed by atoms with van der Waals surface area (Å²) >= 11 is 4.94. The molecule has 0 aliphatic carbocycles. The Hall–Kier alpha value is -1.01. The van der Waals surface area contributed by atoms with Crippen molar-refractivity contribution in [1.29, 1.82) is 0 Å². The summed E-state index contributed by atoms with van der Waals surface area (Å²) in [5.74, 6) is 0. The summed E-state index contributed by atoms with van der Waals surface area (Å²) in [6.45, 7) is 0.729. The summed E-state index contributed by atoms with van der Waals surface area (Å²) in [6, 6.07) is 0. The van der Waals surface area contributed by atoms with Crippen LogP contribution in [0.1, 0.15) is 19.1 Å². The molecule has 1 aliphatic rings. The van der Waals surface area contributed by atoms with Crippen molar-refractivity contribution in [2.45, 2.75) is 19.1 Å². The van der Waals surface area contributed by atoms with Gasteiger partial charge in [-0.25, -0.2) is 4.68 Å². The first-order valence-corrected chi connectivity index (χ1v) is 4.48. The van der Waals surface area contributed by atoms with Gasteiger partial charge in [-0.1, -0.05) is 0 Å². The van der Waals surface area contributed by atoms with Gasteiger partial charge in [0.25, 0.3) is 5.56 Å². The number of H-pyrrole nitrogens is 1. The van der Waals surface area contributed by atoms with Crippen molar-refractivity contribution < 1.29 is 4.74 Å². The number of hydrogen-bond donors (Lipinski definition) is 1. The van der Waals surface area contributed by atoms with Crippen LogP contribution in [0.2, 0.25) is 0 Å². The minimum atomic E-state index is -0.278. The molecular weight excluding hydrogens is 190 g/mol.